The molecule has 0 bridgehead atoms. The average Bonchev–Trinajstić information content (AvgIpc) is 2.91. The number of ether oxygens (including phenoxy) is 1. The maximum atomic E-state index is 11.6. The van der Waals surface area contributed by atoms with Gasteiger partial charge in [-0.1, -0.05) is 6.92 Å². The van der Waals surface area contributed by atoms with Gasteiger partial charge in [-0.3, -0.25) is 9.58 Å². The molecule has 1 aromatic rings. The minimum Gasteiger partial charge on any atom is -0.385 e. The number of sulfone groups is 1. The first kappa shape index (κ1) is 15.5. The zero-order valence-corrected chi connectivity index (χ0v) is 13.0. The minimum absolute atomic E-state index is 0.214. The topological polar surface area (TPSA) is 64.4 Å². The van der Waals surface area contributed by atoms with Crippen molar-refractivity contribution in [2.24, 2.45) is 0 Å². The van der Waals surface area contributed by atoms with Crippen molar-refractivity contribution in [3.05, 3.63) is 18.0 Å². The van der Waals surface area contributed by atoms with E-state index in [1.807, 2.05) is 10.7 Å². The highest BCUT2D eigenvalue weighted by atomic mass is 32.2. The lowest BCUT2D eigenvalue weighted by atomic mass is 10.1. The van der Waals surface area contributed by atoms with Crippen LogP contribution < -0.4 is 0 Å². The van der Waals surface area contributed by atoms with E-state index in [4.69, 9.17) is 4.74 Å². The van der Waals surface area contributed by atoms with Crippen LogP contribution in [0, 0.1) is 0 Å². The molecule has 0 aliphatic carbocycles. The van der Waals surface area contributed by atoms with Gasteiger partial charge in [0.05, 0.1) is 17.5 Å². The number of hydrogen-bond donors (Lipinski definition) is 0. The highest BCUT2D eigenvalue weighted by Gasteiger charge is 2.25. The van der Waals surface area contributed by atoms with E-state index < -0.39 is 9.84 Å². The van der Waals surface area contributed by atoms with E-state index in [0.717, 1.165) is 25.2 Å². The van der Waals surface area contributed by atoms with Crippen LogP contribution in [0.3, 0.4) is 0 Å². The number of methoxy groups -OCH3 is 1. The van der Waals surface area contributed by atoms with Crippen LogP contribution in [0.4, 0.5) is 0 Å². The van der Waals surface area contributed by atoms with Gasteiger partial charge in [0.15, 0.2) is 9.84 Å². The smallest absolute Gasteiger partial charge is 0.151 e. The second-order valence-electron chi connectivity index (χ2n) is 5.17. The number of nitrogens with zero attached hydrogens (tertiary/aromatic N) is 3. The van der Waals surface area contributed by atoms with Gasteiger partial charge in [0, 0.05) is 45.3 Å². The number of hydrogen-bond acceptors (Lipinski definition) is 5. The molecular formula is C13H23N3O3S. The van der Waals surface area contributed by atoms with E-state index in [-0.39, 0.29) is 17.5 Å². The van der Waals surface area contributed by atoms with Crippen molar-refractivity contribution < 1.29 is 13.2 Å². The molecule has 1 aliphatic rings. The van der Waals surface area contributed by atoms with Crippen LogP contribution >= 0.6 is 0 Å². The quantitative estimate of drug-likeness (QED) is 0.742. The molecule has 0 amide bonds. The SMILES string of the molecule is CCS(=O)(=O)CCN1Cc2ccnn2C(CCOC)C1. The van der Waals surface area contributed by atoms with Crippen molar-refractivity contribution >= 4 is 9.84 Å². The fraction of sp³-hybridized carbons (Fsp3) is 0.769. The summed E-state index contributed by atoms with van der Waals surface area (Å²) in [5, 5.41) is 4.37. The Balaban J connectivity index is 2.00. The van der Waals surface area contributed by atoms with E-state index >= 15 is 0 Å². The third-order valence-electron chi connectivity index (χ3n) is 3.77. The predicted octanol–water partition coefficient (Wildman–Crippen LogP) is 0.711. The zero-order valence-electron chi connectivity index (χ0n) is 12.2. The highest BCUT2D eigenvalue weighted by Crippen LogP contribution is 2.22. The summed E-state index contributed by atoms with van der Waals surface area (Å²) in [6, 6.07) is 2.26. The normalized spacial score (nSPS) is 20.0. The summed E-state index contributed by atoms with van der Waals surface area (Å²) in [5.74, 6) is 0.445. The molecule has 20 heavy (non-hydrogen) atoms. The van der Waals surface area contributed by atoms with E-state index in [9.17, 15) is 8.42 Å². The summed E-state index contributed by atoms with van der Waals surface area (Å²) < 4.78 is 30.4. The van der Waals surface area contributed by atoms with E-state index in [2.05, 4.69) is 10.00 Å². The molecule has 114 valence electrons. The lowest BCUT2D eigenvalue weighted by Crippen LogP contribution is -2.40. The van der Waals surface area contributed by atoms with Crippen molar-refractivity contribution in [2.45, 2.75) is 25.9 Å². The maximum Gasteiger partial charge on any atom is 0.151 e. The Morgan fingerprint density at radius 1 is 1.50 bits per heavy atom. The monoisotopic (exact) mass is 301 g/mol. The Morgan fingerprint density at radius 3 is 3.00 bits per heavy atom. The van der Waals surface area contributed by atoms with Gasteiger partial charge < -0.3 is 4.74 Å². The van der Waals surface area contributed by atoms with Crippen LogP contribution in [0.15, 0.2) is 12.3 Å². The second kappa shape index (κ2) is 6.69. The van der Waals surface area contributed by atoms with Crippen LogP contribution in [0.25, 0.3) is 0 Å². The predicted molar refractivity (Wildman–Crippen MR) is 77.4 cm³/mol. The van der Waals surface area contributed by atoms with Crippen LogP contribution in [0.5, 0.6) is 0 Å². The molecule has 0 fully saturated rings. The lowest BCUT2D eigenvalue weighted by molar-refractivity contribution is 0.132. The van der Waals surface area contributed by atoms with Gasteiger partial charge in [-0.15, -0.1) is 0 Å². The van der Waals surface area contributed by atoms with Gasteiger partial charge >= 0.3 is 0 Å². The number of rotatable bonds is 7. The van der Waals surface area contributed by atoms with Gasteiger partial charge in [0.2, 0.25) is 0 Å². The molecule has 1 aliphatic heterocycles. The van der Waals surface area contributed by atoms with Crippen molar-refractivity contribution in [3.8, 4) is 0 Å². The molecule has 0 saturated carbocycles. The molecule has 6 nitrogen and oxygen atoms in total. The third-order valence-corrected chi connectivity index (χ3v) is 5.45. The Labute approximate surface area is 120 Å². The molecule has 2 heterocycles. The van der Waals surface area contributed by atoms with E-state index in [0.29, 0.717) is 13.2 Å². The Morgan fingerprint density at radius 2 is 2.30 bits per heavy atom. The molecule has 1 unspecified atom stereocenters. The Bertz CT molecular complexity index is 527. The van der Waals surface area contributed by atoms with Crippen LogP contribution in [-0.2, 0) is 21.1 Å². The summed E-state index contributed by atoms with van der Waals surface area (Å²) in [5.41, 5.74) is 1.14. The van der Waals surface area contributed by atoms with Gasteiger partial charge in [0.1, 0.15) is 0 Å². The first-order valence-corrected chi connectivity index (χ1v) is 8.82. The van der Waals surface area contributed by atoms with Crippen molar-refractivity contribution in [2.75, 3.05) is 38.3 Å². The summed E-state index contributed by atoms with van der Waals surface area (Å²) >= 11 is 0. The maximum absolute atomic E-state index is 11.6. The van der Waals surface area contributed by atoms with Gasteiger partial charge in [-0.05, 0) is 12.5 Å². The van der Waals surface area contributed by atoms with E-state index in [1.165, 1.54) is 0 Å². The van der Waals surface area contributed by atoms with Gasteiger partial charge in [-0.25, -0.2) is 8.42 Å². The van der Waals surface area contributed by atoms with Crippen LogP contribution in [-0.4, -0.2) is 61.4 Å². The second-order valence-corrected chi connectivity index (χ2v) is 7.65. The zero-order chi connectivity index (χ0) is 14.6. The van der Waals surface area contributed by atoms with Crippen LogP contribution in [0.1, 0.15) is 25.1 Å². The van der Waals surface area contributed by atoms with E-state index in [1.54, 1.807) is 20.2 Å². The molecule has 0 saturated heterocycles. The summed E-state index contributed by atoms with van der Waals surface area (Å²) in [7, 11) is -1.21. The minimum atomic E-state index is -2.91. The molecule has 1 aromatic heterocycles. The number of aromatic nitrogens is 2. The fourth-order valence-electron chi connectivity index (χ4n) is 2.52. The first-order chi connectivity index (χ1) is 9.55. The average molecular weight is 301 g/mol. The standard InChI is InChI=1S/C13H23N3O3S/c1-3-20(17,18)9-7-15-10-12-4-6-14-16(12)13(11-15)5-8-19-2/h4,6,13H,3,5,7-11H2,1-2H3. The Hall–Kier alpha value is -0.920. The molecule has 2 rings (SSSR count). The summed E-state index contributed by atoms with van der Waals surface area (Å²) in [6.45, 7) is 4.57. The fourth-order valence-corrected chi connectivity index (χ4v) is 3.34. The van der Waals surface area contributed by atoms with Gasteiger partial charge in [-0.2, -0.15) is 5.10 Å². The summed E-state index contributed by atoms with van der Waals surface area (Å²) in [4.78, 5) is 2.20. The highest BCUT2D eigenvalue weighted by molar-refractivity contribution is 7.91. The van der Waals surface area contributed by atoms with Crippen molar-refractivity contribution in [3.63, 3.8) is 0 Å². The molecule has 1 atom stereocenters. The first-order valence-electron chi connectivity index (χ1n) is 7.00. The molecular weight excluding hydrogens is 278 g/mol. The van der Waals surface area contributed by atoms with Crippen molar-refractivity contribution in [1.82, 2.24) is 14.7 Å². The van der Waals surface area contributed by atoms with Gasteiger partial charge in [0.25, 0.3) is 0 Å². The lowest BCUT2D eigenvalue weighted by Gasteiger charge is -2.33. The molecule has 0 radical (unpaired) electrons. The van der Waals surface area contributed by atoms with Crippen molar-refractivity contribution in [1.29, 1.82) is 0 Å². The third kappa shape index (κ3) is 3.80. The number of fused-ring (bicyclic) bond motifs is 1. The molecule has 0 spiro atoms. The molecule has 0 N–H and O–H groups in total. The summed E-state index contributed by atoms with van der Waals surface area (Å²) in [6.07, 6.45) is 2.70. The largest absolute Gasteiger partial charge is 0.385 e. The Kier molecular flexibility index (Phi) is 5.17. The molecule has 0 aromatic carbocycles. The van der Waals surface area contributed by atoms with Crippen LogP contribution in [0.2, 0.25) is 0 Å². The molecule has 7 heteroatoms.